The molecule has 0 spiro atoms. The minimum Gasteiger partial charge on any atom is -0.493 e. The second kappa shape index (κ2) is 7.74. The maximum absolute atomic E-state index is 5.63. The molecule has 0 aliphatic carbocycles. The zero-order valence-corrected chi connectivity index (χ0v) is 13.8. The van der Waals surface area contributed by atoms with Crippen molar-refractivity contribution in [3.8, 4) is 11.5 Å². The van der Waals surface area contributed by atoms with Gasteiger partial charge in [-0.15, -0.1) is 0 Å². The Labute approximate surface area is 134 Å². The van der Waals surface area contributed by atoms with Gasteiger partial charge in [0.1, 0.15) is 0 Å². The highest BCUT2D eigenvalue weighted by Gasteiger charge is 2.05. The van der Waals surface area contributed by atoms with Crippen molar-refractivity contribution < 1.29 is 9.47 Å². The van der Waals surface area contributed by atoms with Crippen LogP contribution in [0.5, 0.6) is 11.5 Å². The molecule has 1 aromatic carbocycles. The van der Waals surface area contributed by atoms with Crippen LogP contribution in [-0.4, -0.2) is 34.8 Å². The molecule has 0 radical (unpaired) electrons. The molecule has 0 saturated carbocycles. The number of benzene rings is 1. The molecule has 0 unspecified atom stereocenters. The van der Waals surface area contributed by atoms with Crippen molar-refractivity contribution in [2.24, 2.45) is 5.10 Å². The number of rotatable bonds is 7. The standard InChI is InChI=1S/C15H20N4O2S/c1-4-8-21-12-7-6-11(9-13(12)20-3)10-16-19-14(5-2)17-18-15(19)22/h6-7,9-10H,4-5,8H2,1-3H3,(H,18,22)/b16-10+. The average Bonchev–Trinajstić information content (AvgIpc) is 2.91. The van der Waals surface area contributed by atoms with E-state index >= 15 is 0 Å². The number of methoxy groups -OCH3 is 1. The van der Waals surface area contributed by atoms with Crippen LogP contribution >= 0.6 is 12.2 Å². The molecule has 118 valence electrons. The first-order chi connectivity index (χ1) is 10.7. The quantitative estimate of drug-likeness (QED) is 0.628. The van der Waals surface area contributed by atoms with Gasteiger partial charge in [0, 0.05) is 6.42 Å². The second-order valence-electron chi connectivity index (χ2n) is 4.61. The zero-order chi connectivity index (χ0) is 15.9. The molecule has 0 atom stereocenters. The van der Waals surface area contributed by atoms with Crippen LogP contribution in [0.4, 0.5) is 0 Å². The van der Waals surface area contributed by atoms with Crippen molar-refractivity contribution in [2.45, 2.75) is 26.7 Å². The lowest BCUT2D eigenvalue weighted by Crippen LogP contribution is -1.99. The topological polar surface area (TPSA) is 64.4 Å². The molecular formula is C15H20N4O2S. The van der Waals surface area contributed by atoms with Crippen LogP contribution in [-0.2, 0) is 6.42 Å². The van der Waals surface area contributed by atoms with Crippen LogP contribution in [0, 0.1) is 4.77 Å². The van der Waals surface area contributed by atoms with Crippen LogP contribution in [0.1, 0.15) is 31.7 Å². The molecular weight excluding hydrogens is 300 g/mol. The van der Waals surface area contributed by atoms with Crippen LogP contribution in [0.25, 0.3) is 0 Å². The van der Waals surface area contributed by atoms with E-state index in [4.69, 9.17) is 21.7 Å². The zero-order valence-electron chi connectivity index (χ0n) is 13.0. The number of aromatic nitrogens is 3. The Balaban J connectivity index is 2.24. The van der Waals surface area contributed by atoms with E-state index in [1.54, 1.807) is 18.0 Å². The molecule has 2 aromatic rings. The molecule has 0 fully saturated rings. The SMILES string of the molecule is CCCOc1ccc(/C=N/n2c(CC)n[nH]c2=S)cc1OC. The smallest absolute Gasteiger partial charge is 0.216 e. The minimum absolute atomic E-state index is 0.475. The molecule has 1 aromatic heterocycles. The molecule has 6 nitrogen and oxygen atoms in total. The number of H-pyrrole nitrogens is 1. The van der Waals surface area contributed by atoms with E-state index in [2.05, 4.69) is 22.2 Å². The summed E-state index contributed by atoms with van der Waals surface area (Å²) in [5.41, 5.74) is 0.894. The summed E-state index contributed by atoms with van der Waals surface area (Å²) in [4.78, 5) is 0. The van der Waals surface area contributed by atoms with Crippen LogP contribution in [0.15, 0.2) is 23.3 Å². The normalized spacial score (nSPS) is 11.0. The highest BCUT2D eigenvalue weighted by molar-refractivity contribution is 7.71. The lowest BCUT2D eigenvalue weighted by atomic mass is 10.2. The van der Waals surface area contributed by atoms with E-state index in [0.29, 0.717) is 17.1 Å². The number of aryl methyl sites for hydroxylation is 1. The van der Waals surface area contributed by atoms with Gasteiger partial charge in [0.25, 0.3) is 0 Å². The summed E-state index contributed by atoms with van der Waals surface area (Å²) in [6.07, 6.45) is 3.42. The monoisotopic (exact) mass is 320 g/mol. The number of aromatic amines is 1. The first kappa shape index (κ1) is 16.2. The molecule has 0 bridgehead atoms. The maximum atomic E-state index is 5.63. The van der Waals surface area contributed by atoms with Crippen molar-refractivity contribution in [3.63, 3.8) is 0 Å². The minimum atomic E-state index is 0.475. The molecule has 1 heterocycles. The first-order valence-corrected chi connectivity index (χ1v) is 7.61. The van der Waals surface area contributed by atoms with Gasteiger partial charge < -0.3 is 9.47 Å². The Bertz CT molecular complexity index is 706. The lowest BCUT2D eigenvalue weighted by Gasteiger charge is -2.10. The van der Waals surface area contributed by atoms with Crippen LogP contribution in [0.2, 0.25) is 0 Å². The Kier molecular flexibility index (Phi) is 5.71. The van der Waals surface area contributed by atoms with Crippen LogP contribution in [0.3, 0.4) is 0 Å². The third-order valence-corrected chi connectivity index (χ3v) is 3.27. The Morgan fingerprint density at radius 1 is 1.36 bits per heavy atom. The van der Waals surface area contributed by atoms with Crippen molar-refractivity contribution in [3.05, 3.63) is 34.4 Å². The van der Waals surface area contributed by atoms with Crippen molar-refractivity contribution >= 4 is 18.4 Å². The average molecular weight is 320 g/mol. The fourth-order valence-electron chi connectivity index (χ4n) is 1.89. The number of nitrogens with one attached hydrogen (secondary N) is 1. The molecule has 2 rings (SSSR count). The first-order valence-electron chi connectivity index (χ1n) is 7.21. The van der Waals surface area contributed by atoms with Gasteiger partial charge >= 0.3 is 0 Å². The molecule has 0 aliphatic rings. The molecule has 0 aliphatic heterocycles. The summed E-state index contributed by atoms with van der Waals surface area (Å²) in [6.45, 7) is 4.72. The summed E-state index contributed by atoms with van der Waals surface area (Å²) in [5, 5.41) is 11.2. The Hall–Kier alpha value is -2.15. The van der Waals surface area contributed by atoms with Gasteiger partial charge in [-0.25, -0.2) is 0 Å². The predicted octanol–water partition coefficient (Wildman–Crippen LogP) is 3.18. The predicted molar refractivity (Wildman–Crippen MR) is 88.6 cm³/mol. The van der Waals surface area contributed by atoms with E-state index in [-0.39, 0.29) is 0 Å². The molecule has 22 heavy (non-hydrogen) atoms. The summed E-state index contributed by atoms with van der Waals surface area (Å²) in [6, 6.07) is 5.68. The summed E-state index contributed by atoms with van der Waals surface area (Å²) < 4.78 is 13.1. The fraction of sp³-hybridized carbons (Fsp3) is 0.400. The van der Waals surface area contributed by atoms with Gasteiger partial charge in [-0.1, -0.05) is 13.8 Å². The van der Waals surface area contributed by atoms with E-state index in [9.17, 15) is 0 Å². The van der Waals surface area contributed by atoms with Gasteiger partial charge in [-0.05, 0) is 42.4 Å². The molecule has 0 amide bonds. The van der Waals surface area contributed by atoms with Crippen LogP contribution < -0.4 is 9.47 Å². The van der Waals surface area contributed by atoms with Gasteiger partial charge in [0.05, 0.1) is 19.9 Å². The maximum Gasteiger partial charge on any atom is 0.216 e. The van der Waals surface area contributed by atoms with Crippen molar-refractivity contribution in [1.82, 2.24) is 14.9 Å². The summed E-state index contributed by atoms with van der Waals surface area (Å²) in [7, 11) is 1.62. The van der Waals surface area contributed by atoms with E-state index in [0.717, 1.165) is 30.0 Å². The van der Waals surface area contributed by atoms with E-state index < -0.39 is 0 Å². The highest BCUT2D eigenvalue weighted by atomic mass is 32.1. The fourth-order valence-corrected chi connectivity index (χ4v) is 2.09. The Morgan fingerprint density at radius 3 is 2.86 bits per heavy atom. The summed E-state index contributed by atoms with van der Waals surface area (Å²) >= 11 is 5.16. The van der Waals surface area contributed by atoms with Gasteiger partial charge in [-0.3, -0.25) is 5.10 Å². The molecule has 7 heteroatoms. The van der Waals surface area contributed by atoms with Crippen molar-refractivity contribution in [2.75, 3.05) is 13.7 Å². The number of hydrogen-bond acceptors (Lipinski definition) is 5. The van der Waals surface area contributed by atoms with Gasteiger partial charge in [0.15, 0.2) is 17.3 Å². The highest BCUT2D eigenvalue weighted by Crippen LogP contribution is 2.27. The third-order valence-electron chi connectivity index (χ3n) is 3.01. The number of ether oxygens (including phenoxy) is 2. The summed E-state index contributed by atoms with van der Waals surface area (Å²) in [5.74, 6) is 2.20. The third kappa shape index (κ3) is 3.73. The second-order valence-corrected chi connectivity index (χ2v) is 5.00. The largest absolute Gasteiger partial charge is 0.493 e. The van der Waals surface area contributed by atoms with Gasteiger partial charge in [-0.2, -0.15) is 14.9 Å². The van der Waals surface area contributed by atoms with E-state index in [1.165, 1.54) is 0 Å². The van der Waals surface area contributed by atoms with Crippen molar-refractivity contribution in [1.29, 1.82) is 0 Å². The van der Waals surface area contributed by atoms with Gasteiger partial charge in [0.2, 0.25) is 4.77 Å². The lowest BCUT2D eigenvalue weighted by molar-refractivity contribution is 0.294. The molecule has 1 N–H and O–H groups in total. The number of hydrogen-bond donors (Lipinski definition) is 1. The molecule has 0 saturated heterocycles. The Morgan fingerprint density at radius 2 is 2.18 bits per heavy atom. The number of nitrogens with zero attached hydrogens (tertiary/aromatic N) is 3. The van der Waals surface area contributed by atoms with E-state index in [1.807, 2.05) is 25.1 Å².